The zero-order valence-electron chi connectivity index (χ0n) is 9.11. The van der Waals surface area contributed by atoms with E-state index in [1.54, 1.807) is 0 Å². The van der Waals surface area contributed by atoms with Crippen molar-refractivity contribution in [1.82, 2.24) is 0 Å². The molecule has 0 aromatic carbocycles. The molecule has 15 heavy (non-hydrogen) atoms. The normalized spacial score (nSPS) is 20.2. The van der Waals surface area contributed by atoms with Gasteiger partial charge in [0.25, 0.3) is 0 Å². The maximum atomic E-state index is 10.4. The highest BCUT2D eigenvalue weighted by molar-refractivity contribution is 5.65. The Kier molecular flexibility index (Phi) is 6.04. The molecule has 0 amide bonds. The van der Waals surface area contributed by atoms with Gasteiger partial charge < -0.3 is 14.2 Å². The second-order valence-corrected chi connectivity index (χ2v) is 3.44. The number of ether oxygens (including phenoxy) is 3. The van der Waals surface area contributed by atoms with Gasteiger partial charge >= 0.3 is 5.97 Å². The minimum Gasteiger partial charge on any atom is -0.463 e. The van der Waals surface area contributed by atoms with Gasteiger partial charge in [0.15, 0.2) is 0 Å². The molecule has 0 aromatic rings. The Balaban J connectivity index is 1.88. The summed E-state index contributed by atoms with van der Waals surface area (Å²) in [5.74, 6) is -0.281. The van der Waals surface area contributed by atoms with Crippen LogP contribution in [0.5, 0.6) is 0 Å². The Morgan fingerprint density at radius 1 is 1.40 bits per heavy atom. The lowest BCUT2D eigenvalue weighted by Crippen LogP contribution is -2.17. The summed E-state index contributed by atoms with van der Waals surface area (Å²) >= 11 is 0. The van der Waals surface area contributed by atoms with Gasteiger partial charge in [-0.25, -0.2) is 0 Å². The van der Waals surface area contributed by atoms with Gasteiger partial charge in [0.1, 0.15) is 13.4 Å². The van der Waals surface area contributed by atoms with E-state index in [9.17, 15) is 4.79 Å². The van der Waals surface area contributed by atoms with Crippen molar-refractivity contribution in [2.24, 2.45) is 0 Å². The largest absolute Gasteiger partial charge is 0.463 e. The Labute approximate surface area is 90.2 Å². The topological polar surface area (TPSA) is 44.8 Å². The number of rotatable bonds is 6. The van der Waals surface area contributed by atoms with Crippen LogP contribution in [0, 0.1) is 0 Å². The molecule has 1 atom stereocenters. The molecule has 1 rings (SSSR count). The highest BCUT2D eigenvalue weighted by atomic mass is 16.7. The van der Waals surface area contributed by atoms with Crippen molar-refractivity contribution < 1.29 is 19.0 Å². The Morgan fingerprint density at radius 2 is 2.27 bits per heavy atom. The molecule has 0 saturated carbocycles. The fourth-order valence-electron chi connectivity index (χ4n) is 1.36. The summed E-state index contributed by atoms with van der Waals surface area (Å²) in [5, 5.41) is 0. The van der Waals surface area contributed by atoms with Crippen molar-refractivity contribution >= 4 is 5.97 Å². The fourth-order valence-corrected chi connectivity index (χ4v) is 1.36. The van der Waals surface area contributed by atoms with E-state index in [1.807, 2.05) is 0 Å². The van der Waals surface area contributed by atoms with Crippen LogP contribution in [0.25, 0.3) is 0 Å². The number of hydrogen-bond acceptors (Lipinski definition) is 4. The molecule has 4 nitrogen and oxygen atoms in total. The molecule has 0 fully saturated rings. The number of hydrogen-bond donors (Lipinski definition) is 0. The zero-order chi connectivity index (χ0) is 10.9. The maximum absolute atomic E-state index is 10.4. The molecule has 0 N–H and O–H groups in total. The summed E-state index contributed by atoms with van der Waals surface area (Å²) < 4.78 is 15.3. The van der Waals surface area contributed by atoms with Crippen molar-refractivity contribution in [3.05, 3.63) is 12.2 Å². The van der Waals surface area contributed by atoms with Gasteiger partial charge in [-0.15, -0.1) is 0 Å². The molecular formula is C11H18O4. The summed E-state index contributed by atoms with van der Waals surface area (Å²) in [6.45, 7) is 2.34. The molecular weight excluding hydrogens is 196 g/mol. The number of carbonyl (C=O) groups is 1. The molecule has 1 aliphatic rings. The lowest BCUT2D eigenvalue weighted by Gasteiger charge is -2.18. The van der Waals surface area contributed by atoms with E-state index in [4.69, 9.17) is 14.2 Å². The average Bonchev–Trinajstić information content (AvgIpc) is 2.24. The van der Waals surface area contributed by atoms with Crippen molar-refractivity contribution in [1.29, 1.82) is 0 Å². The van der Waals surface area contributed by atoms with Gasteiger partial charge in [-0.1, -0.05) is 12.2 Å². The van der Waals surface area contributed by atoms with E-state index in [1.165, 1.54) is 6.92 Å². The van der Waals surface area contributed by atoms with E-state index in [-0.39, 0.29) is 18.9 Å². The first-order valence-electron chi connectivity index (χ1n) is 5.26. The number of esters is 1. The van der Waals surface area contributed by atoms with E-state index < -0.39 is 0 Å². The summed E-state index contributed by atoms with van der Waals surface area (Å²) in [6, 6.07) is 0. The van der Waals surface area contributed by atoms with Crippen molar-refractivity contribution in [2.45, 2.75) is 32.3 Å². The quantitative estimate of drug-likeness (QED) is 0.292. The molecule has 0 aliphatic heterocycles. The maximum Gasteiger partial charge on any atom is 0.302 e. The van der Waals surface area contributed by atoms with Crippen LogP contribution in [-0.4, -0.2) is 32.1 Å². The SMILES string of the molecule is CC(=O)OCCOCOC1CC=CCC1. The van der Waals surface area contributed by atoms with Crippen molar-refractivity contribution in [3.63, 3.8) is 0 Å². The van der Waals surface area contributed by atoms with E-state index in [0.29, 0.717) is 13.2 Å². The monoisotopic (exact) mass is 214 g/mol. The Bertz CT molecular complexity index is 213. The molecule has 4 heteroatoms. The molecule has 0 aromatic heterocycles. The van der Waals surface area contributed by atoms with Gasteiger partial charge in [-0.2, -0.15) is 0 Å². The zero-order valence-corrected chi connectivity index (χ0v) is 9.11. The van der Waals surface area contributed by atoms with Gasteiger partial charge in [-0.05, 0) is 19.3 Å². The third kappa shape index (κ3) is 6.25. The highest BCUT2D eigenvalue weighted by Crippen LogP contribution is 2.13. The first-order valence-corrected chi connectivity index (χ1v) is 5.26. The third-order valence-electron chi connectivity index (χ3n) is 2.14. The summed E-state index contributed by atoms with van der Waals surface area (Å²) in [4.78, 5) is 10.4. The predicted octanol–water partition coefficient (Wildman–Crippen LogP) is 1.65. The Morgan fingerprint density at radius 3 is 2.93 bits per heavy atom. The predicted molar refractivity (Wildman–Crippen MR) is 55.3 cm³/mol. The van der Waals surface area contributed by atoms with Gasteiger partial charge in [0.2, 0.25) is 0 Å². The number of carbonyl (C=O) groups excluding carboxylic acids is 1. The minimum absolute atomic E-state index is 0.278. The summed E-state index contributed by atoms with van der Waals surface area (Å²) in [6.07, 6.45) is 7.69. The van der Waals surface area contributed by atoms with E-state index in [0.717, 1.165) is 19.3 Å². The molecule has 0 heterocycles. The van der Waals surface area contributed by atoms with Crippen LogP contribution in [0.4, 0.5) is 0 Å². The van der Waals surface area contributed by atoms with Crippen LogP contribution in [-0.2, 0) is 19.0 Å². The van der Waals surface area contributed by atoms with Crippen LogP contribution < -0.4 is 0 Å². The number of allylic oxidation sites excluding steroid dienone is 1. The standard InChI is InChI=1S/C11H18O4/c1-10(12)14-8-7-13-9-15-11-5-3-2-4-6-11/h2-3,11H,4-9H2,1H3. The fraction of sp³-hybridized carbons (Fsp3) is 0.727. The Hall–Kier alpha value is -0.870. The molecule has 0 radical (unpaired) electrons. The molecule has 1 unspecified atom stereocenters. The summed E-state index contributed by atoms with van der Waals surface area (Å²) in [5.41, 5.74) is 0. The molecule has 0 saturated heterocycles. The van der Waals surface area contributed by atoms with Crippen LogP contribution in [0.3, 0.4) is 0 Å². The molecule has 86 valence electrons. The first-order chi connectivity index (χ1) is 7.29. The van der Waals surface area contributed by atoms with Crippen LogP contribution >= 0.6 is 0 Å². The average molecular weight is 214 g/mol. The van der Waals surface area contributed by atoms with Crippen molar-refractivity contribution in [2.75, 3.05) is 20.0 Å². The smallest absolute Gasteiger partial charge is 0.302 e. The lowest BCUT2D eigenvalue weighted by molar-refractivity contribution is -0.146. The van der Waals surface area contributed by atoms with E-state index in [2.05, 4.69) is 12.2 Å². The first kappa shape index (κ1) is 12.2. The van der Waals surface area contributed by atoms with Gasteiger partial charge in [0.05, 0.1) is 12.7 Å². The van der Waals surface area contributed by atoms with Gasteiger partial charge in [-0.3, -0.25) is 4.79 Å². The van der Waals surface area contributed by atoms with Crippen LogP contribution in [0.1, 0.15) is 26.2 Å². The molecule has 0 spiro atoms. The second-order valence-electron chi connectivity index (χ2n) is 3.44. The third-order valence-corrected chi connectivity index (χ3v) is 2.14. The molecule has 0 bridgehead atoms. The van der Waals surface area contributed by atoms with E-state index >= 15 is 0 Å². The minimum atomic E-state index is -0.281. The lowest BCUT2D eigenvalue weighted by atomic mass is 10.1. The second kappa shape index (κ2) is 7.43. The highest BCUT2D eigenvalue weighted by Gasteiger charge is 2.09. The van der Waals surface area contributed by atoms with Crippen molar-refractivity contribution in [3.8, 4) is 0 Å². The van der Waals surface area contributed by atoms with Crippen LogP contribution in [0.15, 0.2) is 12.2 Å². The summed E-state index contributed by atoms with van der Waals surface area (Å²) in [7, 11) is 0. The van der Waals surface area contributed by atoms with Crippen LogP contribution in [0.2, 0.25) is 0 Å². The van der Waals surface area contributed by atoms with Gasteiger partial charge in [0, 0.05) is 6.92 Å². The molecule has 1 aliphatic carbocycles.